The molecule has 1 aromatic rings. The van der Waals surface area contributed by atoms with Crippen LogP contribution in [-0.2, 0) is 14.9 Å². The van der Waals surface area contributed by atoms with Crippen LogP contribution in [0.5, 0.6) is 11.5 Å². The third kappa shape index (κ3) is 2.05. The van der Waals surface area contributed by atoms with Crippen molar-refractivity contribution in [1.29, 1.82) is 0 Å². The van der Waals surface area contributed by atoms with E-state index in [4.69, 9.17) is 9.47 Å². The molecule has 19 heavy (non-hydrogen) atoms. The van der Waals surface area contributed by atoms with Gasteiger partial charge < -0.3 is 14.2 Å². The standard InChI is InChI=1S/C14H13FO4/c1-17-13(16)10(15)7-14(4-5-14)9-2-3-11-12(6-9)19-8-18-11/h2-3,6-7H,4-5,8H2,1H3. The molecule has 0 radical (unpaired) electrons. The number of rotatable bonds is 3. The zero-order valence-electron chi connectivity index (χ0n) is 10.4. The second-order valence-corrected chi connectivity index (χ2v) is 4.71. The quantitative estimate of drug-likeness (QED) is 0.621. The van der Waals surface area contributed by atoms with Gasteiger partial charge in [-0.15, -0.1) is 0 Å². The Morgan fingerprint density at radius 2 is 2.11 bits per heavy atom. The Morgan fingerprint density at radius 3 is 2.79 bits per heavy atom. The number of carbonyl (C=O) groups is 1. The Labute approximate surface area is 109 Å². The second kappa shape index (κ2) is 4.26. The summed E-state index contributed by atoms with van der Waals surface area (Å²) in [6.07, 6.45) is 2.95. The summed E-state index contributed by atoms with van der Waals surface area (Å²) in [5, 5.41) is 0. The number of methoxy groups -OCH3 is 1. The molecule has 3 rings (SSSR count). The summed E-state index contributed by atoms with van der Waals surface area (Å²) in [5.74, 6) is -0.433. The molecule has 0 saturated heterocycles. The molecule has 4 nitrogen and oxygen atoms in total. The molecule has 0 spiro atoms. The fraction of sp³-hybridized carbons (Fsp3) is 0.357. The number of benzene rings is 1. The van der Waals surface area contributed by atoms with Crippen molar-refractivity contribution in [2.24, 2.45) is 0 Å². The summed E-state index contributed by atoms with van der Waals surface area (Å²) in [6.45, 7) is 0.206. The smallest absolute Gasteiger partial charge is 0.366 e. The van der Waals surface area contributed by atoms with Crippen molar-refractivity contribution in [3.63, 3.8) is 0 Å². The van der Waals surface area contributed by atoms with E-state index < -0.39 is 17.2 Å². The maximum Gasteiger partial charge on any atom is 0.366 e. The van der Waals surface area contributed by atoms with Gasteiger partial charge in [0.05, 0.1) is 7.11 Å². The first-order chi connectivity index (χ1) is 9.14. The van der Waals surface area contributed by atoms with Gasteiger partial charge in [-0.3, -0.25) is 0 Å². The molecule has 1 aromatic carbocycles. The molecule has 0 bridgehead atoms. The van der Waals surface area contributed by atoms with E-state index in [0.717, 1.165) is 25.5 Å². The molecule has 0 N–H and O–H groups in total. The molecule has 0 unspecified atom stereocenters. The van der Waals surface area contributed by atoms with Gasteiger partial charge in [0.2, 0.25) is 12.6 Å². The SMILES string of the molecule is COC(=O)C(F)=CC1(c2ccc3c(c2)OCO3)CC1. The number of allylic oxidation sites excluding steroid dienone is 1. The van der Waals surface area contributed by atoms with Crippen LogP contribution >= 0.6 is 0 Å². The van der Waals surface area contributed by atoms with Gasteiger partial charge in [0, 0.05) is 5.41 Å². The fourth-order valence-corrected chi connectivity index (χ4v) is 2.26. The number of hydrogen-bond acceptors (Lipinski definition) is 4. The van der Waals surface area contributed by atoms with E-state index in [1.807, 2.05) is 18.2 Å². The van der Waals surface area contributed by atoms with Crippen LogP contribution in [0.4, 0.5) is 4.39 Å². The summed E-state index contributed by atoms with van der Waals surface area (Å²) in [6, 6.07) is 5.53. The van der Waals surface area contributed by atoms with Crippen molar-refractivity contribution in [2.45, 2.75) is 18.3 Å². The Kier molecular flexibility index (Phi) is 2.69. The average Bonchev–Trinajstić information content (AvgIpc) is 3.05. The van der Waals surface area contributed by atoms with Crippen molar-refractivity contribution in [1.82, 2.24) is 0 Å². The van der Waals surface area contributed by atoms with E-state index in [9.17, 15) is 9.18 Å². The van der Waals surface area contributed by atoms with Gasteiger partial charge in [-0.25, -0.2) is 4.79 Å². The number of carbonyl (C=O) groups excluding carboxylic acids is 1. The van der Waals surface area contributed by atoms with Crippen LogP contribution in [0.3, 0.4) is 0 Å². The Bertz CT molecular complexity index is 561. The molecule has 0 atom stereocenters. The van der Waals surface area contributed by atoms with Crippen molar-refractivity contribution < 1.29 is 23.4 Å². The molecule has 1 fully saturated rings. The predicted molar refractivity (Wildman–Crippen MR) is 64.7 cm³/mol. The largest absolute Gasteiger partial charge is 0.464 e. The summed E-state index contributed by atoms with van der Waals surface area (Å²) < 4.78 is 28.5. The topological polar surface area (TPSA) is 44.8 Å². The van der Waals surface area contributed by atoms with E-state index >= 15 is 0 Å². The highest BCUT2D eigenvalue weighted by atomic mass is 19.1. The molecular formula is C14H13FO4. The van der Waals surface area contributed by atoms with E-state index in [1.165, 1.54) is 6.08 Å². The minimum atomic E-state index is -0.938. The third-order valence-electron chi connectivity index (χ3n) is 3.52. The minimum Gasteiger partial charge on any atom is -0.464 e. The average molecular weight is 264 g/mol. The van der Waals surface area contributed by atoms with Crippen molar-refractivity contribution in [3.05, 3.63) is 35.7 Å². The zero-order valence-corrected chi connectivity index (χ0v) is 10.4. The lowest BCUT2D eigenvalue weighted by atomic mass is 9.95. The van der Waals surface area contributed by atoms with Crippen LogP contribution in [0.25, 0.3) is 0 Å². The van der Waals surface area contributed by atoms with Crippen molar-refractivity contribution in [2.75, 3.05) is 13.9 Å². The van der Waals surface area contributed by atoms with Gasteiger partial charge >= 0.3 is 5.97 Å². The molecule has 0 amide bonds. The lowest BCUT2D eigenvalue weighted by Crippen LogP contribution is -2.08. The summed E-state index contributed by atoms with van der Waals surface area (Å²) in [7, 11) is 1.16. The van der Waals surface area contributed by atoms with Crippen LogP contribution in [0, 0.1) is 0 Å². The number of halogens is 1. The monoisotopic (exact) mass is 264 g/mol. The number of hydrogen-bond donors (Lipinski definition) is 0. The van der Waals surface area contributed by atoms with Gasteiger partial charge in [0.1, 0.15) is 0 Å². The Morgan fingerprint density at radius 1 is 1.37 bits per heavy atom. The molecule has 1 aliphatic heterocycles. The molecule has 1 saturated carbocycles. The Hall–Kier alpha value is -2.04. The van der Waals surface area contributed by atoms with Crippen molar-refractivity contribution in [3.8, 4) is 11.5 Å². The van der Waals surface area contributed by atoms with Crippen LogP contribution in [0.1, 0.15) is 18.4 Å². The van der Waals surface area contributed by atoms with E-state index in [-0.39, 0.29) is 6.79 Å². The molecule has 5 heteroatoms. The first kappa shape index (κ1) is 12.0. The van der Waals surface area contributed by atoms with Gasteiger partial charge in [-0.1, -0.05) is 6.07 Å². The lowest BCUT2D eigenvalue weighted by molar-refractivity contribution is -0.137. The first-order valence-electron chi connectivity index (χ1n) is 6.01. The maximum atomic E-state index is 13.6. The molecule has 100 valence electrons. The highest BCUT2D eigenvalue weighted by molar-refractivity contribution is 5.86. The van der Waals surface area contributed by atoms with Crippen LogP contribution < -0.4 is 9.47 Å². The molecule has 1 heterocycles. The molecule has 2 aliphatic rings. The van der Waals surface area contributed by atoms with Gasteiger partial charge in [0.15, 0.2) is 11.5 Å². The van der Waals surface area contributed by atoms with Crippen LogP contribution in [0.2, 0.25) is 0 Å². The predicted octanol–water partition coefficient (Wildman–Crippen LogP) is 2.47. The molecule has 0 aromatic heterocycles. The summed E-state index contributed by atoms with van der Waals surface area (Å²) in [5.41, 5.74) is 0.509. The first-order valence-corrected chi connectivity index (χ1v) is 6.01. The number of fused-ring (bicyclic) bond motifs is 1. The normalized spacial score (nSPS) is 19.2. The maximum absolute atomic E-state index is 13.6. The number of ether oxygens (including phenoxy) is 3. The van der Waals surface area contributed by atoms with Gasteiger partial charge in [-0.05, 0) is 36.6 Å². The van der Waals surface area contributed by atoms with E-state index in [0.29, 0.717) is 11.5 Å². The van der Waals surface area contributed by atoms with Crippen molar-refractivity contribution >= 4 is 5.97 Å². The minimum absolute atomic E-state index is 0.206. The fourth-order valence-electron chi connectivity index (χ4n) is 2.26. The summed E-state index contributed by atoms with van der Waals surface area (Å²) in [4.78, 5) is 11.1. The summed E-state index contributed by atoms with van der Waals surface area (Å²) >= 11 is 0. The lowest BCUT2D eigenvalue weighted by Gasteiger charge is -2.11. The highest BCUT2D eigenvalue weighted by Crippen LogP contribution is 2.52. The highest BCUT2D eigenvalue weighted by Gasteiger charge is 2.44. The van der Waals surface area contributed by atoms with E-state index in [1.54, 1.807) is 0 Å². The zero-order chi connectivity index (χ0) is 13.5. The third-order valence-corrected chi connectivity index (χ3v) is 3.52. The van der Waals surface area contributed by atoms with Gasteiger partial charge in [0.25, 0.3) is 0 Å². The molecular weight excluding hydrogens is 251 g/mol. The Balaban J connectivity index is 1.91. The number of esters is 1. The van der Waals surface area contributed by atoms with Crippen LogP contribution in [-0.4, -0.2) is 19.9 Å². The van der Waals surface area contributed by atoms with E-state index in [2.05, 4.69) is 4.74 Å². The molecule has 1 aliphatic carbocycles. The van der Waals surface area contributed by atoms with Crippen LogP contribution in [0.15, 0.2) is 30.1 Å². The second-order valence-electron chi connectivity index (χ2n) is 4.71. The van der Waals surface area contributed by atoms with Gasteiger partial charge in [-0.2, -0.15) is 4.39 Å².